The predicted molar refractivity (Wildman–Crippen MR) is 140 cm³/mol. The molecule has 3 aromatic rings. The molecule has 0 aliphatic carbocycles. The van der Waals surface area contributed by atoms with E-state index in [4.69, 9.17) is 14.6 Å². The van der Waals surface area contributed by atoms with Crippen molar-refractivity contribution in [1.29, 1.82) is 0 Å². The molecule has 2 N–H and O–H groups in total. The van der Waals surface area contributed by atoms with Crippen molar-refractivity contribution in [2.24, 2.45) is 0 Å². The normalized spacial score (nSPS) is 12.7. The summed E-state index contributed by atoms with van der Waals surface area (Å²) in [6.07, 6.45) is 0.146. The zero-order valence-corrected chi connectivity index (χ0v) is 28.3. The van der Waals surface area contributed by atoms with Crippen molar-refractivity contribution in [3.05, 3.63) is 89.0 Å². The smallest absolute Gasteiger partial charge is 0.335 e. The topological polar surface area (TPSA) is 119 Å². The Morgan fingerprint density at radius 3 is 2.08 bits per heavy atom. The fraction of sp³-hybridized carbons (Fsp3) is 0.231. The van der Waals surface area contributed by atoms with Crippen molar-refractivity contribution in [1.82, 2.24) is 4.72 Å². The molecule has 4 rings (SSSR count). The van der Waals surface area contributed by atoms with Gasteiger partial charge in [0.25, 0.3) is 10.0 Å². The first-order valence-corrected chi connectivity index (χ1v) is 12.5. The second-order valence-electron chi connectivity index (χ2n) is 8.56. The molecule has 1 heterocycles. The molecule has 0 bridgehead atoms. The summed E-state index contributed by atoms with van der Waals surface area (Å²) in [4.78, 5) is 24.5. The molecule has 37 heavy (non-hydrogen) atoms. The molecular formula is C26H25K2NO7S. The number of sulfonamides is 1. The van der Waals surface area contributed by atoms with Crippen LogP contribution in [0, 0.1) is 0 Å². The van der Waals surface area contributed by atoms with Gasteiger partial charge in [-0.25, -0.2) is 17.9 Å². The summed E-state index contributed by atoms with van der Waals surface area (Å²) in [6.45, 7) is 4.07. The number of carbonyl (C=O) groups excluding carboxylic acids is 1. The standard InChI is InChI=1S/C26H25NO7S.2K/c1-16(2)18-7-10-21(11-8-18)35(31,32)27-25(28)22(13-17-3-5-19(6-4-17)26(29)30)20-9-12-23-24(14-20)34-15-33-23;;/h3-12,14,16,22H,13,15H2,1-2H3,(H,27,28)(H,29,30);;. The minimum atomic E-state index is -4.11. The first kappa shape index (κ1) is 32.6. The van der Waals surface area contributed by atoms with Gasteiger partial charge in [-0.1, -0.05) is 44.2 Å². The third-order valence-corrected chi connectivity index (χ3v) is 7.21. The molecule has 1 atom stereocenters. The maximum Gasteiger partial charge on any atom is 0.335 e. The van der Waals surface area contributed by atoms with E-state index in [0.717, 1.165) is 5.56 Å². The van der Waals surface area contributed by atoms with Crippen LogP contribution >= 0.6 is 0 Å². The first-order chi connectivity index (χ1) is 16.6. The second-order valence-corrected chi connectivity index (χ2v) is 10.2. The van der Waals surface area contributed by atoms with Crippen LogP contribution in [0.2, 0.25) is 0 Å². The summed E-state index contributed by atoms with van der Waals surface area (Å²) in [7, 11) is -4.11. The van der Waals surface area contributed by atoms with Crippen molar-refractivity contribution < 1.29 is 32.6 Å². The quantitative estimate of drug-likeness (QED) is 0.397. The number of hydrogen-bond acceptors (Lipinski definition) is 6. The summed E-state index contributed by atoms with van der Waals surface area (Å²) >= 11 is 0. The summed E-state index contributed by atoms with van der Waals surface area (Å²) in [5.41, 5.74) is 2.31. The van der Waals surface area contributed by atoms with Crippen LogP contribution < -0.4 is 14.2 Å². The van der Waals surface area contributed by atoms with Crippen LogP contribution in [0.4, 0.5) is 0 Å². The van der Waals surface area contributed by atoms with Crippen molar-refractivity contribution in [2.45, 2.75) is 37.0 Å². The Morgan fingerprint density at radius 2 is 1.49 bits per heavy atom. The summed E-state index contributed by atoms with van der Waals surface area (Å²) in [5.74, 6) is -1.41. The number of fused-ring (bicyclic) bond motifs is 1. The van der Waals surface area contributed by atoms with Gasteiger partial charge in [-0.2, -0.15) is 0 Å². The number of aromatic carboxylic acids is 1. The number of benzene rings is 3. The Kier molecular flexibility index (Phi) is 12.5. The maximum atomic E-state index is 13.3. The molecule has 3 aromatic carbocycles. The van der Waals surface area contributed by atoms with E-state index < -0.39 is 27.8 Å². The van der Waals surface area contributed by atoms with Gasteiger partial charge in [-0.05, 0) is 65.4 Å². The number of carboxylic acids is 1. The largest absolute Gasteiger partial charge is 0.478 e. The predicted octanol–water partition coefficient (Wildman–Crippen LogP) is 3.31. The molecule has 0 saturated carbocycles. The minimum absolute atomic E-state index is 0. The fourth-order valence-electron chi connectivity index (χ4n) is 3.81. The molecule has 2 radical (unpaired) electrons. The molecule has 8 nitrogen and oxygen atoms in total. The molecule has 1 unspecified atom stereocenters. The number of carboxylic acid groups (broad SMARTS) is 1. The number of nitrogens with one attached hydrogen (secondary N) is 1. The molecule has 0 aromatic heterocycles. The number of carbonyl (C=O) groups is 2. The minimum Gasteiger partial charge on any atom is -0.478 e. The van der Waals surface area contributed by atoms with E-state index in [9.17, 15) is 18.0 Å². The van der Waals surface area contributed by atoms with Crippen molar-refractivity contribution in [2.75, 3.05) is 6.79 Å². The van der Waals surface area contributed by atoms with Crippen molar-refractivity contribution >= 4 is 125 Å². The van der Waals surface area contributed by atoms with Crippen LogP contribution in [0.15, 0.2) is 71.6 Å². The number of rotatable bonds is 8. The summed E-state index contributed by atoms with van der Waals surface area (Å²) in [5, 5.41) is 9.14. The summed E-state index contributed by atoms with van der Waals surface area (Å²) in [6, 6.07) is 17.5. The van der Waals surface area contributed by atoms with Crippen LogP contribution in [0.1, 0.15) is 52.7 Å². The van der Waals surface area contributed by atoms with E-state index in [1.807, 2.05) is 13.8 Å². The molecule has 0 fully saturated rings. The number of hydrogen-bond donors (Lipinski definition) is 2. The number of amides is 1. The number of ether oxygens (including phenoxy) is 2. The first-order valence-electron chi connectivity index (χ1n) is 11.0. The average Bonchev–Trinajstić information content (AvgIpc) is 3.30. The van der Waals surface area contributed by atoms with E-state index >= 15 is 0 Å². The van der Waals surface area contributed by atoms with Crippen LogP contribution in [-0.4, -0.2) is 135 Å². The van der Waals surface area contributed by atoms with E-state index in [-0.39, 0.29) is 132 Å². The van der Waals surface area contributed by atoms with E-state index in [0.29, 0.717) is 22.6 Å². The van der Waals surface area contributed by atoms with Crippen LogP contribution in [0.3, 0.4) is 0 Å². The van der Waals surface area contributed by atoms with E-state index in [2.05, 4.69) is 4.72 Å². The fourth-order valence-corrected chi connectivity index (χ4v) is 4.82. The SMILES string of the molecule is CC(C)c1ccc(S(=O)(=O)NC(=O)C(Cc2ccc(C(=O)O)cc2)c2ccc3c(c2)OCO3)cc1.[K].[K]. The molecule has 1 aliphatic rings. The molecule has 11 heteroatoms. The molecule has 1 amide bonds. The molecular weight excluding hydrogens is 549 g/mol. The maximum absolute atomic E-state index is 13.3. The van der Waals surface area contributed by atoms with E-state index in [1.54, 1.807) is 42.5 Å². The zero-order valence-electron chi connectivity index (χ0n) is 21.2. The van der Waals surface area contributed by atoms with Gasteiger partial charge in [0.05, 0.1) is 16.4 Å². The van der Waals surface area contributed by atoms with Crippen molar-refractivity contribution in [3.8, 4) is 11.5 Å². The van der Waals surface area contributed by atoms with Crippen LogP contribution in [0.5, 0.6) is 11.5 Å². The molecule has 184 valence electrons. The Morgan fingerprint density at radius 1 is 0.892 bits per heavy atom. The third-order valence-electron chi connectivity index (χ3n) is 5.85. The van der Waals surface area contributed by atoms with Crippen molar-refractivity contribution in [3.63, 3.8) is 0 Å². The molecule has 0 saturated heterocycles. The van der Waals surface area contributed by atoms with Gasteiger partial charge >= 0.3 is 5.97 Å². The van der Waals surface area contributed by atoms with Gasteiger partial charge in [0.15, 0.2) is 11.5 Å². The van der Waals surface area contributed by atoms with Gasteiger partial charge in [-0.3, -0.25) is 4.79 Å². The Balaban J connectivity index is 0.00000241. The second kappa shape index (κ2) is 14.2. The molecule has 0 spiro atoms. The van der Waals surface area contributed by atoms with Crippen LogP contribution in [-0.2, 0) is 21.2 Å². The third kappa shape index (κ3) is 8.21. The Hall–Kier alpha value is -0.577. The van der Waals surface area contributed by atoms with Gasteiger partial charge < -0.3 is 14.6 Å². The van der Waals surface area contributed by atoms with Gasteiger partial charge in [-0.15, -0.1) is 0 Å². The van der Waals surface area contributed by atoms with Gasteiger partial charge in [0, 0.05) is 103 Å². The van der Waals surface area contributed by atoms with E-state index in [1.165, 1.54) is 24.3 Å². The van der Waals surface area contributed by atoms with Gasteiger partial charge in [0.2, 0.25) is 12.7 Å². The zero-order chi connectivity index (χ0) is 25.2. The Labute approximate surface area is 301 Å². The Bertz CT molecular complexity index is 1360. The summed E-state index contributed by atoms with van der Waals surface area (Å²) < 4.78 is 38.9. The molecule has 1 aliphatic heterocycles. The van der Waals surface area contributed by atoms with Gasteiger partial charge in [0.1, 0.15) is 0 Å². The van der Waals surface area contributed by atoms with Crippen LogP contribution in [0.25, 0.3) is 0 Å². The average molecular weight is 574 g/mol. The monoisotopic (exact) mass is 573 g/mol.